The molecule has 1 aliphatic rings. The van der Waals surface area contributed by atoms with Crippen LogP contribution >= 0.6 is 0 Å². The molecule has 4 heteroatoms. The molecule has 1 fully saturated rings. The van der Waals surface area contributed by atoms with Crippen molar-refractivity contribution in [1.82, 2.24) is 0 Å². The molecule has 0 aliphatic carbocycles. The monoisotopic (exact) mass is 264 g/mol. The Balaban J connectivity index is 2.16. The van der Waals surface area contributed by atoms with Crippen LogP contribution in [0.5, 0.6) is 11.5 Å². The normalized spacial score (nSPS) is 17.4. The molecule has 1 aromatic rings. The molecule has 2 rings (SSSR count). The second-order valence-corrected chi connectivity index (χ2v) is 5.15. The number of epoxide rings is 1. The number of carbonyl (C=O) groups excluding carboxylic acids is 1. The van der Waals surface area contributed by atoms with E-state index in [0.717, 1.165) is 6.61 Å². The third kappa shape index (κ3) is 3.96. The Bertz CT molecular complexity index is 449. The van der Waals surface area contributed by atoms with Crippen molar-refractivity contribution in [2.24, 2.45) is 5.92 Å². The minimum atomic E-state index is 0.101. The Morgan fingerprint density at radius 2 is 2.21 bits per heavy atom. The Kier molecular flexibility index (Phi) is 4.43. The van der Waals surface area contributed by atoms with E-state index in [0.29, 0.717) is 36.0 Å². The zero-order valence-electron chi connectivity index (χ0n) is 11.6. The molecule has 0 spiro atoms. The van der Waals surface area contributed by atoms with Gasteiger partial charge in [0.2, 0.25) is 0 Å². The van der Waals surface area contributed by atoms with Crippen molar-refractivity contribution in [3.05, 3.63) is 23.8 Å². The standard InChI is InChI=1S/C15H20O4/c1-10(2)6-14(16)13-5-4-11(17-3)7-15(13)19-9-12-8-18-12/h4-5,7,10,12H,6,8-9H2,1-3H3. The predicted octanol–water partition coefficient (Wildman–Crippen LogP) is 2.70. The molecule has 1 unspecified atom stereocenters. The molecule has 0 saturated carbocycles. The van der Waals surface area contributed by atoms with Crippen LogP contribution in [-0.2, 0) is 4.74 Å². The Hall–Kier alpha value is -1.55. The molecule has 4 nitrogen and oxygen atoms in total. The van der Waals surface area contributed by atoms with Crippen molar-refractivity contribution < 1.29 is 19.0 Å². The first-order valence-corrected chi connectivity index (χ1v) is 6.55. The fourth-order valence-corrected chi connectivity index (χ4v) is 1.81. The van der Waals surface area contributed by atoms with Crippen LogP contribution in [0.4, 0.5) is 0 Å². The van der Waals surface area contributed by atoms with E-state index in [-0.39, 0.29) is 11.9 Å². The smallest absolute Gasteiger partial charge is 0.166 e. The van der Waals surface area contributed by atoms with E-state index in [2.05, 4.69) is 0 Å². The van der Waals surface area contributed by atoms with Crippen LogP contribution in [0.2, 0.25) is 0 Å². The van der Waals surface area contributed by atoms with E-state index in [9.17, 15) is 4.79 Å². The van der Waals surface area contributed by atoms with Gasteiger partial charge in [0.15, 0.2) is 5.78 Å². The van der Waals surface area contributed by atoms with Crippen LogP contribution in [0.1, 0.15) is 30.6 Å². The highest BCUT2D eigenvalue weighted by molar-refractivity contribution is 5.99. The molecule has 0 N–H and O–H groups in total. The number of benzene rings is 1. The van der Waals surface area contributed by atoms with Gasteiger partial charge in [-0.25, -0.2) is 0 Å². The maximum Gasteiger partial charge on any atom is 0.166 e. The summed E-state index contributed by atoms with van der Waals surface area (Å²) >= 11 is 0. The van der Waals surface area contributed by atoms with E-state index in [1.807, 2.05) is 13.8 Å². The number of ether oxygens (including phenoxy) is 3. The lowest BCUT2D eigenvalue weighted by Gasteiger charge is -2.12. The fourth-order valence-electron chi connectivity index (χ4n) is 1.81. The Morgan fingerprint density at radius 1 is 1.47 bits per heavy atom. The Labute approximate surface area is 113 Å². The van der Waals surface area contributed by atoms with Gasteiger partial charge in [-0.05, 0) is 18.1 Å². The molecule has 0 radical (unpaired) electrons. The highest BCUT2D eigenvalue weighted by atomic mass is 16.6. The van der Waals surface area contributed by atoms with Gasteiger partial charge in [-0.3, -0.25) is 4.79 Å². The van der Waals surface area contributed by atoms with Gasteiger partial charge < -0.3 is 14.2 Å². The summed E-state index contributed by atoms with van der Waals surface area (Å²) in [5.41, 5.74) is 0.621. The highest BCUT2D eigenvalue weighted by Gasteiger charge is 2.24. The largest absolute Gasteiger partial charge is 0.497 e. The quantitative estimate of drug-likeness (QED) is 0.561. The average molecular weight is 264 g/mol. The third-order valence-corrected chi connectivity index (χ3v) is 2.91. The second-order valence-electron chi connectivity index (χ2n) is 5.15. The zero-order valence-corrected chi connectivity index (χ0v) is 11.6. The number of ketones is 1. The highest BCUT2D eigenvalue weighted by Crippen LogP contribution is 2.27. The first-order chi connectivity index (χ1) is 9.10. The van der Waals surface area contributed by atoms with E-state index in [1.54, 1.807) is 25.3 Å². The fraction of sp³-hybridized carbons (Fsp3) is 0.533. The number of methoxy groups -OCH3 is 1. The van der Waals surface area contributed by atoms with Crippen molar-refractivity contribution in [2.75, 3.05) is 20.3 Å². The van der Waals surface area contributed by atoms with E-state index >= 15 is 0 Å². The molecular formula is C15H20O4. The van der Waals surface area contributed by atoms with Crippen molar-refractivity contribution in [3.8, 4) is 11.5 Å². The van der Waals surface area contributed by atoms with Gasteiger partial charge in [0, 0.05) is 12.5 Å². The van der Waals surface area contributed by atoms with Gasteiger partial charge >= 0.3 is 0 Å². The summed E-state index contributed by atoms with van der Waals surface area (Å²) in [6.45, 7) is 5.27. The second kappa shape index (κ2) is 6.06. The summed E-state index contributed by atoms with van der Waals surface area (Å²) < 4.78 is 16.0. The van der Waals surface area contributed by atoms with Crippen molar-refractivity contribution in [3.63, 3.8) is 0 Å². The van der Waals surface area contributed by atoms with E-state index in [1.165, 1.54) is 0 Å². The van der Waals surface area contributed by atoms with Crippen LogP contribution < -0.4 is 9.47 Å². The van der Waals surface area contributed by atoms with Gasteiger partial charge in [-0.1, -0.05) is 13.8 Å². The average Bonchev–Trinajstić information content (AvgIpc) is 3.19. The number of Topliss-reactive ketones (excluding diaryl/α,β-unsaturated/α-hetero) is 1. The topological polar surface area (TPSA) is 48.1 Å². The van der Waals surface area contributed by atoms with Gasteiger partial charge in [-0.15, -0.1) is 0 Å². The van der Waals surface area contributed by atoms with Crippen LogP contribution in [-0.4, -0.2) is 32.2 Å². The van der Waals surface area contributed by atoms with E-state index < -0.39 is 0 Å². The van der Waals surface area contributed by atoms with Gasteiger partial charge in [0.1, 0.15) is 24.2 Å². The number of hydrogen-bond donors (Lipinski definition) is 0. The summed E-state index contributed by atoms with van der Waals surface area (Å²) in [5.74, 6) is 1.70. The number of rotatable bonds is 7. The summed E-state index contributed by atoms with van der Waals surface area (Å²) in [6, 6.07) is 5.32. The molecule has 1 aromatic carbocycles. The molecule has 1 saturated heterocycles. The summed E-state index contributed by atoms with van der Waals surface area (Å²) in [7, 11) is 1.60. The molecule has 1 heterocycles. The lowest BCUT2D eigenvalue weighted by Crippen LogP contribution is -2.10. The lowest BCUT2D eigenvalue weighted by atomic mass is 10.0. The molecule has 0 aromatic heterocycles. The first-order valence-electron chi connectivity index (χ1n) is 6.55. The predicted molar refractivity (Wildman–Crippen MR) is 72.0 cm³/mol. The van der Waals surface area contributed by atoms with Crippen LogP contribution in [0.25, 0.3) is 0 Å². The van der Waals surface area contributed by atoms with Gasteiger partial charge in [-0.2, -0.15) is 0 Å². The Morgan fingerprint density at radius 3 is 2.79 bits per heavy atom. The third-order valence-electron chi connectivity index (χ3n) is 2.91. The number of carbonyl (C=O) groups is 1. The SMILES string of the molecule is COc1ccc(C(=O)CC(C)C)c(OCC2CO2)c1. The molecule has 0 amide bonds. The molecule has 0 bridgehead atoms. The van der Waals surface area contributed by atoms with E-state index in [4.69, 9.17) is 14.2 Å². The van der Waals surface area contributed by atoms with Crippen LogP contribution in [0.3, 0.4) is 0 Å². The molecule has 19 heavy (non-hydrogen) atoms. The zero-order chi connectivity index (χ0) is 13.8. The summed E-state index contributed by atoms with van der Waals surface area (Å²) in [5, 5.41) is 0. The minimum absolute atomic E-state index is 0.101. The van der Waals surface area contributed by atoms with Crippen molar-refractivity contribution in [1.29, 1.82) is 0 Å². The number of hydrogen-bond acceptors (Lipinski definition) is 4. The molecule has 104 valence electrons. The van der Waals surface area contributed by atoms with Gasteiger partial charge in [0.25, 0.3) is 0 Å². The van der Waals surface area contributed by atoms with Crippen LogP contribution in [0, 0.1) is 5.92 Å². The summed E-state index contributed by atoms with van der Waals surface area (Å²) in [6.07, 6.45) is 0.682. The maximum atomic E-state index is 12.2. The van der Waals surface area contributed by atoms with Crippen LogP contribution in [0.15, 0.2) is 18.2 Å². The summed E-state index contributed by atoms with van der Waals surface area (Å²) in [4.78, 5) is 12.2. The molecule has 1 atom stereocenters. The lowest BCUT2D eigenvalue weighted by molar-refractivity contribution is 0.0963. The van der Waals surface area contributed by atoms with Crippen molar-refractivity contribution >= 4 is 5.78 Å². The first kappa shape index (κ1) is 13.9. The minimum Gasteiger partial charge on any atom is -0.497 e. The van der Waals surface area contributed by atoms with Crippen molar-refractivity contribution in [2.45, 2.75) is 26.4 Å². The maximum absolute atomic E-state index is 12.2. The molecular weight excluding hydrogens is 244 g/mol. The molecule has 1 aliphatic heterocycles. The van der Waals surface area contributed by atoms with Gasteiger partial charge in [0.05, 0.1) is 19.3 Å².